The Morgan fingerprint density at radius 2 is 1.77 bits per heavy atom. The molecule has 1 N–H and O–H groups in total. The summed E-state index contributed by atoms with van der Waals surface area (Å²) in [4.78, 5) is 2.02. The smallest absolute Gasteiger partial charge is 0.129 e. The average molecular weight is 303 g/mol. The topological polar surface area (TPSA) is 32.7 Å². The first-order valence-electron chi connectivity index (χ1n) is 7.36. The molecule has 0 aromatic heterocycles. The molecule has 2 aromatic rings. The van der Waals surface area contributed by atoms with Crippen LogP contribution in [0.25, 0.3) is 0 Å². The van der Waals surface area contributed by atoms with Crippen molar-refractivity contribution in [3.05, 3.63) is 65.5 Å². The fourth-order valence-electron chi connectivity index (χ4n) is 2.19. The van der Waals surface area contributed by atoms with Crippen molar-refractivity contribution >= 4 is 0 Å². The van der Waals surface area contributed by atoms with Crippen LogP contribution in [0, 0.1) is 5.82 Å². The molecule has 0 saturated carbocycles. The fourth-order valence-corrected chi connectivity index (χ4v) is 2.19. The minimum Gasteiger partial charge on any atom is -0.488 e. The monoisotopic (exact) mass is 303 g/mol. The lowest BCUT2D eigenvalue weighted by atomic mass is 10.1. The van der Waals surface area contributed by atoms with Crippen LogP contribution < -0.4 is 4.74 Å². The quantitative estimate of drug-likeness (QED) is 0.851. The number of rotatable bonds is 7. The number of aliphatic hydroxyl groups is 1. The number of halogens is 1. The first-order chi connectivity index (χ1) is 10.6. The van der Waals surface area contributed by atoms with E-state index >= 15 is 0 Å². The molecule has 0 aliphatic rings. The number of aliphatic hydroxyl groups excluding tert-OH is 1. The largest absolute Gasteiger partial charge is 0.488 e. The van der Waals surface area contributed by atoms with Crippen LogP contribution in [0.2, 0.25) is 0 Å². The molecule has 0 fully saturated rings. The van der Waals surface area contributed by atoms with Gasteiger partial charge in [-0.05, 0) is 32.6 Å². The normalized spacial score (nSPS) is 12.4. The Kier molecular flexibility index (Phi) is 5.92. The second-order valence-electron chi connectivity index (χ2n) is 5.53. The molecule has 0 saturated heterocycles. The van der Waals surface area contributed by atoms with Gasteiger partial charge in [-0.1, -0.05) is 36.4 Å². The molecule has 1 unspecified atom stereocenters. The van der Waals surface area contributed by atoms with E-state index in [1.165, 1.54) is 6.07 Å². The van der Waals surface area contributed by atoms with Crippen LogP contribution in [0.5, 0.6) is 5.75 Å². The Bertz CT molecular complexity index is 601. The van der Waals surface area contributed by atoms with E-state index in [1.807, 2.05) is 37.2 Å². The summed E-state index contributed by atoms with van der Waals surface area (Å²) in [6, 6.07) is 13.9. The predicted octanol–water partition coefficient (Wildman–Crippen LogP) is 3.39. The van der Waals surface area contributed by atoms with E-state index in [0.29, 0.717) is 17.7 Å². The molecule has 118 valence electrons. The molecule has 0 heterocycles. The third-order valence-electron chi connectivity index (χ3n) is 3.47. The van der Waals surface area contributed by atoms with Crippen molar-refractivity contribution in [2.24, 2.45) is 0 Å². The Balaban J connectivity index is 2.06. The summed E-state index contributed by atoms with van der Waals surface area (Å²) in [5.74, 6) is 0.310. The minimum absolute atomic E-state index is 0.143. The average Bonchev–Trinajstić information content (AvgIpc) is 2.52. The Labute approximate surface area is 131 Å². The lowest BCUT2D eigenvalue weighted by Crippen LogP contribution is -2.16. The molecule has 0 amide bonds. The third kappa shape index (κ3) is 4.55. The molecule has 22 heavy (non-hydrogen) atoms. The van der Waals surface area contributed by atoms with Gasteiger partial charge in [-0.2, -0.15) is 0 Å². The van der Waals surface area contributed by atoms with E-state index in [0.717, 1.165) is 12.1 Å². The highest BCUT2D eigenvalue weighted by Crippen LogP contribution is 2.28. The molecule has 2 aromatic carbocycles. The van der Waals surface area contributed by atoms with E-state index in [1.54, 1.807) is 24.3 Å². The first kappa shape index (κ1) is 16.5. The number of hydrogen-bond acceptors (Lipinski definition) is 3. The molecule has 0 bridgehead atoms. The summed E-state index contributed by atoms with van der Waals surface area (Å²) in [5, 5.41) is 10.3. The Morgan fingerprint density at radius 1 is 1.09 bits per heavy atom. The Morgan fingerprint density at radius 3 is 2.50 bits per heavy atom. The first-order valence-corrected chi connectivity index (χ1v) is 7.36. The van der Waals surface area contributed by atoms with Crippen LogP contribution in [0.3, 0.4) is 0 Å². The van der Waals surface area contributed by atoms with Crippen molar-refractivity contribution in [3.63, 3.8) is 0 Å². The molecule has 0 aliphatic heterocycles. The van der Waals surface area contributed by atoms with Crippen molar-refractivity contribution < 1.29 is 14.2 Å². The van der Waals surface area contributed by atoms with Crippen LogP contribution in [0.15, 0.2) is 48.5 Å². The van der Waals surface area contributed by atoms with Crippen molar-refractivity contribution in [3.8, 4) is 5.75 Å². The Hall–Kier alpha value is -1.91. The van der Waals surface area contributed by atoms with Gasteiger partial charge in [0.05, 0.1) is 6.10 Å². The maximum absolute atomic E-state index is 13.6. The maximum atomic E-state index is 13.6. The summed E-state index contributed by atoms with van der Waals surface area (Å²) in [6.07, 6.45) is 0.0202. The van der Waals surface area contributed by atoms with E-state index in [-0.39, 0.29) is 12.4 Å². The molecule has 2 rings (SSSR count). The van der Waals surface area contributed by atoms with Crippen LogP contribution in [-0.2, 0) is 6.61 Å². The molecule has 0 aliphatic carbocycles. The van der Waals surface area contributed by atoms with Gasteiger partial charge in [0.25, 0.3) is 0 Å². The molecule has 4 heteroatoms. The highest BCUT2D eigenvalue weighted by atomic mass is 19.1. The predicted molar refractivity (Wildman–Crippen MR) is 85.3 cm³/mol. The summed E-state index contributed by atoms with van der Waals surface area (Å²) < 4.78 is 19.3. The second kappa shape index (κ2) is 7.92. The summed E-state index contributed by atoms with van der Waals surface area (Å²) in [5.41, 5.74) is 1.24. The third-order valence-corrected chi connectivity index (χ3v) is 3.47. The van der Waals surface area contributed by atoms with Gasteiger partial charge in [0.15, 0.2) is 0 Å². The number of para-hydroxylation sites is 1. The van der Waals surface area contributed by atoms with Gasteiger partial charge in [0.2, 0.25) is 0 Å². The van der Waals surface area contributed by atoms with Crippen LogP contribution >= 0.6 is 0 Å². The SMILES string of the molecule is CN(C)CCC(O)c1ccccc1OCc1ccccc1F. The number of benzene rings is 2. The molecule has 0 spiro atoms. The summed E-state index contributed by atoms with van der Waals surface area (Å²) in [7, 11) is 3.93. The van der Waals surface area contributed by atoms with Gasteiger partial charge in [-0.3, -0.25) is 0 Å². The zero-order valence-electron chi connectivity index (χ0n) is 13.0. The van der Waals surface area contributed by atoms with Gasteiger partial charge >= 0.3 is 0 Å². The van der Waals surface area contributed by atoms with Gasteiger partial charge in [0.1, 0.15) is 18.2 Å². The highest BCUT2D eigenvalue weighted by molar-refractivity contribution is 5.35. The van der Waals surface area contributed by atoms with Crippen molar-refractivity contribution in [1.29, 1.82) is 0 Å². The molecular formula is C18H22FNO2. The molecule has 1 atom stereocenters. The summed E-state index contributed by atoms with van der Waals surface area (Å²) >= 11 is 0. The van der Waals surface area contributed by atoms with Crippen molar-refractivity contribution in [2.75, 3.05) is 20.6 Å². The number of hydrogen-bond donors (Lipinski definition) is 1. The van der Waals surface area contributed by atoms with Crippen LogP contribution in [0.1, 0.15) is 23.7 Å². The van der Waals surface area contributed by atoms with Gasteiger partial charge < -0.3 is 14.7 Å². The minimum atomic E-state index is -0.598. The number of nitrogens with zero attached hydrogens (tertiary/aromatic N) is 1. The lowest BCUT2D eigenvalue weighted by molar-refractivity contribution is 0.148. The van der Waals surface area contributed by atoms with E-state index in [9.17, 15) is 9.50 Å². The van der Waals surface area contributed by atoms with E-state index in [2.05, 4.69) is 0 Å². The van der Waals surface area contributed by atoms with Crippen LogP contribution in [-0.4, -0.2) is 30.6 Å². The zero-order valence-corrected chi connectivity index (χ0v) is 13.0. The van der Waals surface area contributed by atoms with Gasteiger partial charge in [-0.25, -0.2) is 4.39 Å². The molecule has 3 nitrogen and oxygen atoms in total. The standard InChI is InChI=1S/C18H22FNO2/c1-20(2)12-11-17(21)15-8-4-6-10-18(15)22-13-14-7-3-5-9-16(14)19/h3-10,17,21H,11-13H2,1-2H3. The van der Waals surface area contributed by atoms with Gasteiger partial charge in [0, 0.05) is 17.7 Å². The van der Waals surface area contributed by atoms with E-state index in [4.69, 9.17) is 4.74 Å². The second-order valence-corrected chi connectivity index (χ2v) is 5.53. The highest BCUT2D eigenvalue weighted by Gasteiger charge is 2.14. The summed E-state index contributed by atoms with van der Waals surface area (Å²) in [6.45, 7) is 0.924. The molecular weight excluding hydrogens is 281 g/mol. The maximum Gasteiger partial charge on any atom is 0.129 e. The molecule has 0 radical (unpaired) electrons. The van der Waals surface area contributed by atoms with Crippen molar-refractivity contribution in [1.82, 2.24) is 4.90 Å². The lowest BCUT2D eigenvalue weighted by Gasteiger charge is -2.18. The fraction of sp³-hybridized carbons (Fsp3) is 0.333. The van der Waals surface area contributed by atoms with E-state index < -0.39 is 6.10 Å². The number of ether oxygens (including phenoxy) is 1. The van der Waals surface area contributed by atoms with Gasteiger partial charge in [-0.15, -0.1) is 0 Å². The van der Waals surface area contributed by atoms with Crippen LogP contribution in [0.4, 0.5) is 4.39 Å². The zero-order chi connectivity index (χ0) is 15.9. The van der Waals surface area contributed by atoms with Crippen molar-refractivity contribution in [2.45, 2.75) is 19.1 Å².